The van der Waals surface area contributed by atoms with Gasteiger partial charge in [0.1, 0.15) is 0 Å². The third-order valence-electron chi connectivity index (χ3n) is 3.78. The number of hydrogen-bond acceptors (Lipinski definition) is 2. The molecule has 0 atom stereocenters. The van der Waals surface area contributed by atoms with Crippen LogP contribution >= 0.6 is 0 Å². The van der Waals surface area contributed by atoms with Gasteiger partial charge in [0, 0.05) is 23.3 Å². The van der Waals surface area contributed by atoms with E-state index in [-0.39, 0.29) is 0 Å². The van der Waals surface area contributed by atoms with Gasteiger partial charge in [-0.2, -0.15) is 0 Å². The van der Waals surface area contributed by atoms with Crippen LogP contribution in [-0.4, -0.2) is 6.54 Å². The fraction of sp³-hybridized carbons (Fsp3) is 0.250. The molecule has 0 unspecified atom stereocenters. The maximum Gasteiger partial charge on any atom is 0.0340 e. The van der Waals surface area contributed by atoms with Gasteiger partial charge < -0.3 is 11.1 Å². The highest BCUT2D eigenvalue weighted by Crippen LogP contribution is 2.48. The highest BCUT2D eigenvalue weighted by molar-refractivity contribution is 5.47. The topological polar surface area (TPSA) is 38.0 Å². The second-order valence-corrected chi connectivity index (χ2v) is 5.12. The van der Waals surface area contributed by atoms with Gasteiger partial charge in [-0.3, -0.25) is 0 Å². The lowest BCUT2D eigenvalue weighted by Gasteiger charge is -2.17. The number of hydrogen-bond donors (Lipinski definition) is 2. The predicted molar refractivity (Wildman–Crippen MR) is 76.7 cm³/mol. The number of nitrogens with two attached hydrogens (primary N) is 1. The van der Waals surface area contributed by atoms with E-state index in [2.05, 4.69) is 41.7 Å². The van der Waals surface area contributed by atoms with E-state index in [1.54, 1.807) is 0 Å². The summed E-state index contributed by atoms with van der Waals surface area (Å²) in [7, 11) is 0. The quantitative estimate of drug-likeness (QED) is 0.801. The summed E-state index contributed by atoms with van der Waals surface area (Å²) < 4.78 is 0. The molecule has 3 N–H and O–H groups in total. The summed E-state index contributed by atoms with van der Waals surface area (Å²) in [5.41, 5.74) is 9.50. The molecule has 0 aliphatic heterocycles. The van der Waals surface area contributed by atoms with Crippen molar-refractivity contribution in [3.05, 3.63) is 60.2 Å². The first-order valence-corrected chi connectivity index (χ1v) is 6.43. The van der Waals surface area contributed by atoms with Crippen LogP contribution in [0.15, 0.2) is 54.6 Å². The largest absolute Gasteiger partial charge is 0.399 e. The Balaban J connectivity index is 1.70. The van der Waals surface area contributed by atoms with Crippen molar-refractivity contribution >= 4 is 11.4 Å². The summed E-state index contributed by atoms with van der Waals surface area (Å²) >= 11 is 0. The molecule has 3 rings (SSSR count). The van der Waals surface area contributed by atoms with Crippen molar-refractivity contribution in [3.8, 4) is 0 Å². The van der Waals surface area contributed by atoms with Crippen LogP contribution in [0.3, 0.4) is 0 Å². The van der Waals surface area contributed by atoms with E-state index < -0.39 is 0 Å². The van der Waals surface area contributed by atoms with Crippen LogP contribution in [0.5, 0.6) is 0 Å². The molecular formula is C16H18N2. The molecule has 0 heterocycles. The molecule has 2 heteroatoms. The van der Waals surface area contributed by atoms with Crippen LogP contribution in [0, 0.1) is 0 Å². The standard InChI is InChI=1S/C16H18N2/c17-14-8-6-13(7-9-14)16(10-11-16)12-18-15-4-2-1-3-5-15/h1-9,18H,10-12,17H2. The van der Waals surface area contributed by atoms with E-state index in [1.807, 2.05) is 18.2 Å². The minimum Gasteiger partial charge on any atom is -0.399 e. The van der Waals surface area contributed by atoms with Crippen molar-refractivity contribution in [2.75, 3.05) is 17.6 Å². The van der Waals surface area contributed by atoms with Crippen molar-refractivity contribution in [1.29, 1.82) is 0 Å². The number of nitrogens with one attached hydrogen (secondary N) is 1. The first kappa shape index (κ1) is 11.1. The minimum atomic E-state index is 0.323. The van der Waals surface area contributed by atoms with E-state index in [0.29, 0.717) is 5.41 Å². The Bertz CT molecular complexity index is 513. The third-order valence-corrected chi connectivity index (χ3v) is 3.78. The Morgan fingerprint density at radius 2 is 1.61 bits per heavy atom. The summed E-state index contributed by atoms with van der Waals surface area (Å²) in [6, 6.07) is 18.7. The fourth-order valence-electron chi connectivity index (χ4n) is 2.38. The summed E-state index contributed by atoms with van der Waals surface area (Å²) in [4.78, 5) is 0. The van der Waals surface area contributed by atoms with E-state index in [0.717, 1.165) is 12.2 Å². The van der Waals surface area contributed by atoms with Crippen molar-refractivity contribution in [2.45, 2.75) is 18.3 Å². The van der Waals surface area contributed by atoms with Gasteiger partial charge in [-0.05, 0) is 42.7 Å². The SMILES string of the molecule is Nc1ccc(C2(CNc3ccccc3)CC2)cc1. The number of para-hydroxylation sites is 1. The van der Waals surface area contributed by atoms with Gasteiger partial charge in [0.2, 0.25) is 0 Å². The molecular weight excluding hydrogens is 220 g/mol. The maximum atomic E-state index is 5.74. The van der Waals surface area contributed by atoms with Crippen LogP contribution in [0.1, 0.15) is 18.4 Å². The molecule has 2 aromatic rings. The third kappa shape index (κ3) is 2.19. The highest BCUT2D eigenvalue weighted by atomic mass is 14.9. The average molecular weight is 238 g/mol. The zero-order valence-electron chi connectivity index (χ0n) is 10.4. The lowest BCUT2D eigenvalue weighted by atomic mass is 9.95. The first-order chi connectivity index (χ1) is 8.78. The van der Waals surface area contributed by atoms with Crippen LogP contribution in [0.25, 0.3) is 0 Å². The van der Waals surface area contributed by atoms with Gasteiger partial charge in [0.15, 0.2) is 0 Å². The maximum absolute atomic E-state index is 5.74. The first-order valence-electron chi connectivity index (χ1n) is 6.43. The van der Waals surface area contributed by atoms with Gasteiger partial charge >= 0.3 is 0 Å². The Morgan fingerprint density at radius 3 is 2.22 bits per heavy atom. The van der Waals surface area contributed by atoms with Gasteiger partial charge in [-0.25, -0.2) is 0 Å². The molecule has 2 nitrogen and oxygen atoms in total. The number of nitrogen functional groups attached to an aromatic ring is 1. The summed E-state index contributed by atoms with van der Waals surface area (Å²) in [6.45, 7) is 1.00. The molecule has 1 aliphatic carbocycles. The molecule has 0 spiro atoms. The van der Waals surface area contributed by atoms with Crippen molar-refractivity contribution in [3.63, 3.8) is 0 Å². The van der Waals surface area contributed by atoms with E-state index in [9.17, 15) is 0 Å². The highest BCUT2D eigenvalue weighted by Gasteiger charge is 2.43. The molecule has 1 fully saturated rings. The second-order valence-electron chi connectivity index (χ2n) is 5.12. The number of anilines is 2. The van der Waals surface area contributed by atoms with Crippen molar-refractivity contribution < 1.29 is 0 Å². The van der Waals surface area contributed by atoms with Crippen LogP contribution in [0.2, 0.25) is 0 Å². The monoisotopic (exact) mass is 238 g/mol. The summed E-state index contributed by atoms with van der Waals surface area (Å²) in [5.74, 6) is 0. The van der Waals surface area contributed by atoms with Gasteiger partial charge in [-0.1, -0.05) is 30.3 Å². The van der Waals surface area contributed by atoms with Gasteiger partial charge in [-0.15, -0.1) is 0 Å². The predicted octanol–water partition coefficient (Wildman–Crippen LogP) is 3.41. The summed E-state index contributed by atoms with van der Waals surface area (Å²) in [5, 5.41) is 3.53. The molecule has 0 amide bonds. The van der Waals surface area contributed by atoms with E-state index in [4.69, 9.17) is 5.73 Å². The fourth-order valence-corrected chi connectivity index (χ4v) is 2.38. The Labute approximate surface area is 108 Å². The second kappa shape index (κ2) is 4.37. The zero-order chi connectivity index (χ0) is 12.4. The van der Waals surface area contributed by atoms with Crippen LogP contribution < -0.4 is 11.1 Å². The molecule has 1 aliphatic rings. The van der Waals surface area contributed by atoms with Gasteiger partial charge in [0.25, 0.3) is 0 Å². The van der Waals surface area contributed by atoms with Crippen LogP contribution in [0.4, 0.5) is 11.4 Å². The molecule has 18 heavy (non-hydrogen) atoms. The molecule has 0 bridgehead atoms. The number of rotatable bonds is 4. The minimum absolute atomic E-state index is 0.323. The zero-order valence-corrected chi connectivity index (χ0v) is 10.4. The molecule has 2 aromatic carbocycles. The Hall–Kier alpha value is -1.96. The number of benzene rings is 2. The van der Waals surface area contributed by atoms with Crippen molar-refractivity contribution in [2.24, 2.45) is 0 Å². The van der Waals surface area contributed by atoms with E-state index >= 15 is 0 Å². The van der Waals surface area contributed by atoms with Crippen molar-refractivity contribution in [1.82, 2.24) is 0 Å². The molecule has 1 saturated carbocycles. The molecule has 92 valence electrons. The lowest BCUT2D eigenvalue weighted by Crippen LogP contribution is -2.19. The smallest absolute Gasteiger partial charge is 0.0340 e. The Kier molecular flexibility index (Phi) is 2.71. The normalized spacial score (nSPS) is 16.2. The lowest BCUT2D eigenvalue weighted by molar-refractivity contribution is 0.733. The Morgan fingerprint density at radius 1 is 0.944 bits per heavy atom. The average Bonchev–Trinajstić information content (AvgIpc) is 3.20. The molecule has 0 radical (unpaired) electrons. The summed E-state index contributed by atoms with van der Waals surface area (Å²) in [6.07, 6.45) is 2.52. The van der Waals surface area contributed by atoms with E-state index in [1.165, 1.54) is 24.1 Å². The molecule has 0 saturated heterocycles. The van der Waals surface area contributed by atoms with Crippen LogP contribution in [-0.2, 0) is 5.41 Å². The van der Waals surface area contributed by atoms with Gasteiger partial charge in [0.05, 0.1) is 0 Å². The molecule has 0 aromatic heterocycles.